The number of phenols is 1. The van der Waals surface area contributed by atoms with Crippen LogP contribution in [0.25, 0.3) is 0 Å². The van der Waals surface area contributed by atoms with Crippen LogP contribution in [0, 0.1) is 18.8 Å². The Morgan fingerprint density at radius 1 is 1.08 bits per heavy atom. The van der Waals surface area contributed by atoms with Crippen LogP contribution in [0.5, 0.6) is 11.5 Å². The van der Waals surface area contributed by atoms with Gasteiger partial charge >= 0.3 is 5.97 Å². The van der Waals surface area contributed by atoms with Crippen molar-refractivity contribution in [2.24, 2.45) is 11.8 Å². The number of carbonyl (C=O) groups is 2. The van der Waals surface area contributed by atoms with Crippen LogP contribution in [0.1, 0.15) is 53.7 Å². The van der Waals surface area contributed by atoms with Gasteiger partial charge in [0.25, 0.3) is 0 Å². The van der Waals surface area contributed by atoms with Crippen molar-refractivity contribution in [3.8, 4) is 11.5 Å². The number of rotatable bonds is 4. The van der Waals surface area contributed by atoms with Crippen LogP contribution in [0.3, 0.4) is 0 Å². The van der Waals surface area contributed by atoms with Crippen LogP contribution >= 0.6 is 46.4 Å². The summed E-state index contributed by atoms with van der Waals surface area (Å²) in [4.78, 5) is 25.6. The number of hydrogen-bond acceptors (Lipinski definition) is 6. The molecule has 2 heterocycles. The lowest BCUT2D eigenvalue weighted by atomic mass is 9.68. The molecule has 2 N–H and O–H groups in total. The molecule has 0 saturated carbocycles. The maximum Gasteiger partial charge on any atom is 0.339 e. The zero-order valence-electron chi connectivity index (χ0n) is 20.0. The van der Waals surface area contributed by atoms with Crippen molar-refractivity contribution in [2.75, 3.05) is 0 Å². The minimum Gasteiger partial charge on any atom is -0.506 e. The molecule has 37 heavy (non-hydrogen) atoms. The summed E-state index contributed by atoms with van der Waals surface area (Å²) in [6.45, 7) is 5.27. The first kappa shape index (κ1) is 26.2. The SMILES string of the molecule is Cc1cc2c(c(Cl)c1O)OC1C(Cl)=C(O)C(CCC(=O)C(C)C)=CC1C21OC(=O)c2cc(Cl)c(Cl)cc21. The van der Waals surface area contributed by atoms with Gasteiger partial charge in [0.1, 0.15) is 39.2 Å². The van der Waals surface area contributed by atoms with Crippen molar-refractivity contribution in [2.45, 2.75) is 45.3 Å². The highest BCUT2D eigenvalue weighted by atomic mass is 35.5. The van der Waals surface area contributed by atoms with E-state index >= 15 is 0 Å². The molecule has 3 unspecified atom stereocenters. The molecule has 1 spiro atoms. The first-order chi connectivity index (χ1) is 17.4. The Bertz CT molecular complexity index is 1440. The Balaban J connectivity index is 1.78. The Morgan fingerprint density at radius 3 is 2.43 bits per heavy atom. The van der Waals surface area contributed by atoms with E-state index in [-0.39, 0.29) is 67.5 Å². The second kappa shape index (κ2) is 9.12. The second-order valence-electron chi connectivity index (χ2n) is 9.74. The molecule has 5 rings (SSSR count). The number of allylic oxidation sites excluding steroid dienone is 1. The number of esters is 1. The molecule has 3 atom stereocenters. The van der Waals surface area contributed by atoms with Crippen LogP contribution in [0.4, 0.5) is 0 Å². The number of halogens is 4. The summed E-state index contributed by atoms with van der Waals surface area (Å²) >= 11 is 25.8. The Hall–Kier alpha value is -2.38. The van der Waals surface area contributed by atoms with Crippen molar-refractivity contribution >= 4 is 58.2 Å². The summed E-state index contributed by atoms with van der Waals surface area (Å²) in [5, 5.41) is 21.8. The minimum atomic E-state index is -1.52. The summed E-state index contributed by atoms with van der Waals surface area (Å²) in [6.07, 6.45) is 1.12. The van der Waals surface area contributed by atoms with Crippen LogP contribution in [-0.2, 0) is 15.1 Å². The summed E-state index contributed by atoms with van der Waals surface area (Å²) in [5.41, 5.74) is 0.364. The standard InChI is InChI=1S/C27H22Cl4O6/c1-10(2)19(32)5-4-12-7-16-25(21(31)23(12)34)36-24-15(6-11(3)22(33)20(24)30)27(16)14-9-18(29)17(28)8-13(14)26(35)37-27/h6-10,16,25,33-34H,4-5H2,1-3H3. The third kappa shape index (κ3) is 3.84. The first-order valence-electron chi connectivity index (χ1n) is 11.6. The largest absolute Gasteiger partial charge is 0.506 e. The van der Waals surface area contributed by atoms with Gasteiger partial charge in [-0.2, -0.15) is 0 Å². The van der Waals surface area contributed by atoms with Gasteiger partial charge in [0, 0.05) is 23.5 Å². The van der Waals surface area contributed by atoms with Gasteiger partial charge in [0.15, 0.2) is 5.60 Å². The zero-order chi connectivity index (χ0) is 27.0. The Kier molecular flexibility index (Phi) is 6.47. The molecule has 1 aliphatic carbocycles. The highest BCUT2D eigenvalue weighted by Gasteiger charge is 2.61. The quantitative estimate of drug-likeness (QED) is 0.364. The van der Waals surface area contributed by atoms with Crippen molar-refractivity contribution in [1.29, 1.82) is 0 Å². The number of Topliss-reactive ketones (excluding diaryl/α,β-unsaturated/α-hetero) is 1. The molecule has 10 heteroatoms. The van der Waals surface area contributed by atoms with Gasteiger partial charge in [-0.05, 0) is 42.7 Å². The molecule has 0 amide bonds. The molecule has 0 radical (unpaired) electrons. The normalized spacial score (nSPS) is 23.9. The summed E-state index contributed by atoms with van der Waals surface area (Å²) in [5.74, 6) is -1.89. The molecule has 2 aromatic carbocycles. The Labute approximate surface area is 233 Å². The average molecular weight is 584 g/mol. The molecule has 194 valence electrons. The third-order valence-electron chi connectivity index (χ3n) is 7.21. The molecule has 0 aromatic heterocycles. The van der Waals surface area contributed by atoms with Gasteiger partial charge in [-0.25, -0.2) is 4.79 Å². The van der Waals surface area contributed by atoms with E-state index in [2.05, 4.69) is 0 Å². The topological polar surface area (TPSA) is 93.1 Å². The first-order valence-corrected chi connectivity index (χ1v) is 13.1. The number of aryl methyl sites for hydroxylation is 1. The van der Waals surface area contributed by atoms with Gasteiger partial charge in [-0.1, -0.05) is 66.3 Å². The number of aromatic hydroxyl groups is 1. The molecule has 2 aliphatic heterocycles. The summed E-state index contributed by atoms with van der Waals surface area (Å²) in [7, 11) is 0. The smallest absolute Gasteiger partial charge is 0.339 e. The fraction of sp³-hybridized carbons (Fsp3) is 0.333. The van der Waals surface area contributed by atoms with E-state index in [9.17, 15) is 19.8 Å². The van der Waals surface area contributed by atoms with Gasteiger partial charge < -0.3 is 19.7 Å². The molecule has 0 saturated heterocycles. The van der Waals surface area contributed by atoms with Gasteiger partial charge in [0.2, 0.25) is 0 Å². The molecular weight excluding hydrogens is 562 g/mol. The zero-order valence-corrected chi connectivity index (χ0v) is 23.0. The highest BCUT2D eigenvalue weighted by Crippen LogP contribution is 2.61. The van der Waals surface area contributed by atoms with Crippen molar-refractivity contribution in [3.63, 3.8) is 0 Å². The van der Waals surface area contributed by atoms with Gasteiger partial charge in [0.05, 0.1) is 21.5 Å². The molecule has 3 aliphatic rings. The number of ether oxygens (including phenoxy) is 2. The minimum absolute atomic E-state index is 0.0313. The second-order valence-corrected chi connectivity index (χ2v) is 11.3. The summed E-state index contributed by atoms with van der Waals surface area (Å²) in [6, 6.07) is 4.65. The van der Waals surface area contributed by atoms with E-state index in [1.54, 1.807) is 25.1 Å². The highest BCUT2D eigenvalue weighted by molar-refractivity contribution is 6.42. The third-order valence-corrected chi connectivity index (χ3v) is 8.67. The number of carbonyl (C=O) groups excluding carboxylic acids is 2. The fourth-order valence-corrected chi connectivity index (χ4v) is 6.13. The van der Waals surface area contributed by atoms with Crippen molar-refractivity contribution < 1.29 is 29.3 Å². The maximum absolute atomic E-state index is 13.2. The van der Waals surface area contributed by atoms with E-state index in [0.717, 1.165) is 0 Å². The number of fused-ring (bicyclic) bond motifs is 6. The average Bonchev–Trinajstić information content (AvgIpc) is 3.12. The lowest BCUT2D eigenvalue weighted by Gasteiger charge is -2.46. The molecule has 0 fully saturated rings. The predicted octanol–water partition coefficient (Wildman–Crippen LogP) is 7.41. The van der Waals surface area contributed by atoms with Gasteiger partial charge in [-0.15, -0.1) is 0 Å². The number of benzene rings is 2. The van der Waals surface area contributed by atoms with Gasteiger partial charge in [-0.3, -0.25) is 4.79 Å². The van der Waals surface area contributed by atoms with Crippen molar-refractivity contribution in [3.05, 3.63) is 78.0 Å². The molecule has 0 bridgehead atoms. The van der Waals surface area contributed by atoms with Crippen LogP contribution < -0.4 is 4.74 Å². The molecule has 2 aromatic rings. The van der Waals surface area contributed by atoms with E-state index in [0.29, 0.717) is 22.3 Å². The molecular formula is C27H22Cl4O6. The fourth-order valence-electron chi connectivity index (χ4n) is 5.21. The maximum atomic E-state index is 13.2. The van der Waals surface area contributed by atoms with E-state index in [1.807, 2.05) is 13.8 Å². The number of aliphatic hydroxyl groups is 1. The van der Waals surface area contributed by atoms with Crippen LogP contribution in [0.2, 0.25) is 15.1 Å². The molecule has 6 nitrogen and oxygen atoms in total. The monoisotopic (exact) mass is 582 g/mol. The number of phenolic OH excluding ortho intramolecular Hbond substituents is 1. The number of aliphatic hydroxyl groups excluding tert-OH is 1. The number of hydrogen-bond donors (Lipinski definition) is 2. The van der Waals surface area contributed by atoms with Crippen LogP contribution in [-0.4, -0.2) is 28.1 Å². The summed E-state index contributed by atoms with van der Waals surface area (Å²) < 4.78 is 12.3. The van der Waals surface area contributed by atoms with E-state index < -0.39 is 23.6 Å². The van der Waals surface area contributed by atoms with E-state index in [1.165, 1.54) is 6.07 Å². The van der Waals surface area contributed by atoms with Crippen LogP contribution in [0.15, 0.2) is 40.6 Å². The predicted molar refractivity (Wildman–Crippen MR) is 141 cm³/mol. The Morgan fingerprint density at radius 2 is 1.76 bits per heavy atom. The number of ketones is 1. The lowest BCUT2D eigenvalue weighted by molar-refractivity contribution is -0.121. The van der Waals surface area contributed by atoms with E-state index in [4.69, 9.17) is 55.9 Å². The lowest BCUT2D eigenvalue weighted by Crippen LogP contribution is -2.50. The van der Waals surface area contributed by atoms with Crippen molar-refractivity contribution in [1.82, 2.24) is 0 Å².